The third-order valence-electron chi connectivity index (χ3n) is 4.23. The summed E-state index contributed by atoms with van der Waals surface area (Å²) in [5.74, 6) is 6.05. The molecule has 2 aromatic rings. The van der Waals surface area contributed by atoms with Gasteiger partial charge in [-0.05, 0) is 54.0 Å². The Labute approximate surface area is 118 Å². The van der Waals surface area contributed by atoms with E-state index in [0.29, 0.717) is 5.92 Å². The molecule has 1 aliphatic carbocycles. The molecular formula is C17H19FN2. The lowest BCUT2D eigenvalue weighted by atomic mass is 9.91. The molecule has 1 aliphatic rings. The smallest absolute Gasteiger partial charge is 0.123 e. The van der Waals surface area contributed by atoms with Crippen LogP contribution in [0.3, 0.4) is 0 Å². The molecular weight excluding hydrogens is 251 g/mol. The third kappa shape index (κ3) is 2.74. The molecule has 0 saturated carbocycles. The second-order valence-electron chi connectivity index (χ2n) is 5.54. The van der Waals surface area contributed by atoms with Crippen LogP contribution in [0.5, 0.6) is 0 Å². The van der Waals surface area contributed by atoms with Crippen molar-refractivity contribution in [1.82, 2.24) is 5.43 Å². The summed E-state index contributed by atoms with van der Waals surface area (Å²) in [7, 11) is 0. The van der Waals surface area contributed by atoms with Crippen LogP contribution in [-0.4, -0.2) is 6.04 Å². The Hall–Kier alpha value is -1.71. The van der Waals surface area contributed by atoms with Gasteiger partial charge >= 0.3 is 0 Å². The highest BCUT2D eigenvalue weighted by Crippen LogP contribution is 2.29. The maximum Gasteiger partial charge on any atom is 0.123 e. The molecule has 0 spiro atoms. The van der Waals surface area contributed by atoms with Crippen LogP contribution in [0.2, 0.25) is 0 Å². The maximum absolute atomic E-state index is 12.9. The van der Waals surface area contributed by atoms with Gasteiger partial charge in [-0.15, -0.1) is 0 Å². The number of hydrogen-bond donors (Lipinski definition) is 2. The van der Waals surface area contributed by atoms with Crippen LogP contribution in [0.25, 0.3) is 0 Å². The average Bonchev–Trinajstić information content (AvgIpc) is 2.90. The van der Waals surface area contributed by atoms with E-state index in [1.54, 1.807) is 0 Å². The molecule has 0 aliphatic heterocycles. The normalized spacial score (nSPS) is 16.1. The van der Waals surface area contributed by atoms with Crippen molar-refractivity contribution in [3.8, 4) is 0 Å². The second-order valence-corrected chi connectivity index (χ2v) is 5.54. The molecule has 0 aromatic heterocycles. The fourth-order valence-corrected chi connectivity index (χ4v) is 3.11. The summed E-state index contributed by atoms with van der Waals surface area (Å²) in [6.07, 6.45) is 2.95. The Morgan fingerprint density at radius 2 is 1.65 bits per heavy atom. The lowest BCUT2D eigenvalue weighted by Crippen LogP contribution is -2.42. The minimum atomic E-state index is -0.195. The summed E-state index contributed by atoms with van der Waals surface area (Å²) < 4.78 is 12.9. The molecule has 1 unspecified atom stereocenters. The number of hydrazine groups is 1. The van der Waals surface area contributed by atoms with Crippen LogP contribution in [0.15, 0.2) is 48.5 Å². The molecule has 0 fully saturated rings. The first-order valence-corrected chi connectivity index (χ1v) is 7.03. The van der Waals surface area contributed by atoms with Crippen molar-refractivity contribution in [1.29, 1.82) is 0 Å². The van der Waals surface area contributed by atoms with Gasteiger partial charge in [0.05, 0.1) is 0 Å². The first kappa shape index (κ1) is 13.3. The molecule has 2 aromatic carbocycles. The molecule has 3 heteroatoms. The molecule has 0 heterocycles. The summed E-state index contributed by atoms with van der Waals surface area (Å²) in [5.41, 5.74) is 6.92. The minimum absolute atomic E-state index is 0.195. The molecule has 1 atom stereocenters. The Morgan fingerprint density at radius 3 is 2.20 bits per heavy atom. The van der Waals surface area contributed by atoms with Crippen molar-refractivity contribution in [3.05, 3.63) is 71.0 Å². The Morgan fingerprint density at radius 1 is 1.05 bits per heavy atom. The molecule has 3 N–H and O–H groups in total. The van der Waals surface area contributed by atoms with E-state index in [1.807, 2.05) is 12.1 Å². The Kier molecular flexibility index (Phi) is 3.81. The fourth-order valence-electron chi connectivity index (χ4n) is 3.11. The van der Waals surface area contributed by atoms with E-state index in [1.165, 1.54) is 23.3 Å². The zero-order valence-electron chi connectivity index (χ0n) is 11.4. The van der Waals surface area contributed by atoms with Crippen LogP contribution in [0, 0.1) is 11.7 Å². The van der Waals surface area contributed by atoms with Gasteiger partial charge in [-0.25, -0.2) is 4.39 Å². The van der Waals surface area contributed by atoms with Crippen LogP contribution in [0.1, 0.15) is 16.7 Å². The number of nitrogens with one attached hydrogen (secondary N) is 1. The van der Waals surface area contributed by atoms with E-state index in [0.717, 1.165) is 24.8 Å². The van der Waals surface area contributed by atoms with Gasteiger partial charge in [0.25, 0.3) is 0 Å². The predicted octanol–water partition coefficient (Wildman–Crippen LogP) is 2.62. The van der Waals surface area contributed by atoms with Gasteiger partial charge in [0.2, 0.25) is 0 Å². The van der Waals surface area contributed by atoms with Crippen molar-refractivity contribution in [2.24, 2.45) is 11.8 Å². The first-order valence-electron chi connectivity index (χ1n) is 7.03. The molecule has 0 amide bonds. The largest absolute Gasteiger partial charge is 0.271 e. The summed E-state index contributed by atoms with van der Waals surface area (Å²) in [4.78, 5) is 0. The quantitative estimate of drug-likeness (QED) is 0.662. The number of fused-ring (bicyclic) bond motifs is 1. The highest BCUT2D eigenvalue weighted by molar-refractivity contribution is 5.33. The van der Waals surface area contributed by atoms with Crippen molar-refractivity contribution in [2.75, 3.05) is 0 Å². The van der Waals surface area contributed by atoms with E-state index < -0.39 is 0 Å². The molecule has 0 bridgehead atoms. The van der Waals surface area contributed by atoms with Crippen LogP contribution < -0.4 is 11.3 Å². The third-order valence-corrected chi connectivity index (χ3v) is 4.23. The van der Waals surface area contributed by atoms with Gasteiger partial charge in [0.1, 0.15) is 5.82 Å². The van der Waals surface area contributed by atoms with E-state index in [2.05, 4.69) is 29.7 Å². The second kappa shape index (κ2) is 5.73. The average molecular weight is 270 g/mol. The topological polar surface area (TPSA) is 38.0 Å². The van der Waals surface area contributed by atoms with Gasteiger partial charge in [-0.2, -0.15) is 0 Å². The summed E-state index contributed by atoms with van der Waals surface area (Å²) >= 11 is 0. The molecule has 3 rings (SSSR count). The highest BCUT2D eigenvalue weighted by atomic mass is 19.1. The number of halogens is 1. The van der Waals surface area contributed by atoms with E-state index in [-0.39, 0.29) is 11.9 Å². The summed E-state index contributed by atoms with van der Waals surface area (Å²) in [6.45, 7) is 0. The van der Waals surface area contributed by atoms with Gasteiger partial charge in [-0.1, -0.05) is 36.4 Å². The van der Waals surface area contributed by atoms with Crippen molar-refractivity contribution in [2.45, 2.75) is 25.3 Å². The summed E-state index contributed by atoms with van der Waals surface area (Å²) in [5, 5.41) is 0. The lowest BCUT2D eigenvalue weighted by molar-refractivity contribution is 0.367. The molecule has 104 valence electrons. The van der Waals surface area contributed by atoms with Crippen LogP contribution in [-0.2, 0) is 19.3 Å². The number of nitrogens with two attached hydrogens (primary N) is 1. The van der Waals surface area contributed by atoms with E-state index in [4.69, 9.17) is 5.84 Å². The Balaban J connectivity index is 1.71. The fraction of sp³-hybridized carbons (Fsp3) is 0.294. The van der Waals surface area contributed by atoms with Gasteiger partial charge in [0.15, 0.2) is 0 Å². The SMILES string of the molecule is NNC(Cc1ccc(F)cc1)C1Cc2ccccc2C1. The standard InChI is InChI=1S/C17H19FN2/c18-16-7-5-12(6-8-16)9-17(20-19)15-10-13-3-1-2-4-14(13)11-15/h1-8,15,17,20H,9-11,19H2. The molecule has 2 nitrogen and oxygen atoms in total. The van der Waals surface area contributed by atoms with Crippen molar-refractivity contribution >= 4 is 0 Å². The number of benzene rings is 2. The highest BCUT2D eigenvalue weighted by Gasteiger charge is 2.27. The van der Waals surface area contributed by atoms with E-state index >= 15 is 0 Å². The lowest BCUT2D eigenvalue weighted by Gasteiger charge is -2.22. The monoisotopic (exact) mass is 270 g/mol. The van der Waals surface area contributed by atoms with Crippen LogP contribution >= 0.6 is 0 Å². The van der Waals surface area contributed by atoms with Gasteiger partial charge in [0, 0.05) is 6.04 Å². The van der Waals surface area contributed by atoms with Gasteiger partial charge < -0.3 is 0 Å². The zero-order valence-corrected chi connectivity index (χ0v) is 11.4. The number of rotatable bonds is 4. The first-order chi connectivity index (χ1) is 9.76. The van der Waals surface area contributed by atoms with E-state index in [9.17, 15) is 4.39 Å². The van der Waals surface area contributed by atoms with Gasteiger partial charge in [-0.3, -0.25) is 11.3 Å². The zero-order chi connectivity index (χ0) is 13.9. The summed E-state index contributed by atoms with van der Waals surface area (Å²) in [6, 6.07) is 15.5. The predicted molar refractivity (Wildman–Crippen MR) is 78.6 cm³/mol. The van der Waals surface area contributed by atoms with Crippen molar-refractivity contribution in [3.63, 3.8) is 0 Å². The van der Waals surface area contributed by atoms with Crippen molar-refractivity contribution < 1.29 is 4.39 Å². The molecule has 0 saturated heterocycles. The maximum atomic E-state index is 12.9. The molecule has 0 radical (unpaired) electrons. The molecule has 20 heavy (non-hydrogen) atoms. The Bertz CT molecular complexity index is 555. The number of hydrogen-bond acceptors (Lipinski definition) is 2. The minimum Gasteiger partial charge on any atom is -0.271 e. The van der Waals surface area contributed by atoms with Crippen LogP contribution in [0.4, 0.5) is 4.39 Å².